The third-order valence-electron chi connectivity index (χ3n) is 2.31. The number of carbonyl (C=O) groups is 3. The molecule has 96 valence electrons. The zero-order chi connectivity index (χ0) is 13.3. The second-order valence-electron chi connectivity index (χ2n) is 3.63. The molecule has 4 amide bonds. The Morgan fingerprint density at radius 2 is 2.17 bits per heavy atom. The monoisotopic (exact) mass is 256 g/mol. The van der Waals surface area contributed by atoms with E-state index in [-0.39, 0.29) is 18.9 Å². The lowest BCUT2D eigenvalue weighted by atomic mass is 10.2. The Labute approximate surface area is 100 Å². The molecule has 18 heavy (non-hydrogen) atoms. The van der Waals surface area contributed by atoms with Gasteiger partial charge in [-0.2, -0.15) is 4.98 Å². The van der Waals surface area contributed by atoms with Gasteiger partial charge in [0.2, 0.25) is 5.89 Å². The number of rotatable bonds is 3. The second kappa shape index (κ2) is 4.51. The highest BCUT2D eigenvalue weighted by atomic mass is 19.1. The summed E-state index contributed by atoms with van der Waals surface area (Å²) in [7, 11) is 0. The molecule has 1 aromatic rings. The van der Waals surface area contributed by atoms with Gasteiger partial charge in [-0.15, -0.1) is 0 Å². The molecule has 0 saturated carbocycles. The van der Waals surface area contributed by atoms with Crippen LogP contribution in [0.5, 0.6) is 0 Å². The van der Waals surface area contributed by atoms with Gasteiger partial charge in [-0.05, 0) is 6.92 Å². The molecule has 8 nitrogen and oxygen atoms in total. The number of urea groups is 1. The average molecular weight is 256 g/mol. The Bertz CT molecular complexity index is 514. The van der Waals surface area contributed by atoms with E-state index in [1.807, 2.05) is 0 Å². The Morgan fingerprint density at radius 1 is 1.44 bits per heavy atom. The number of hydrogen-bond acceptors (Lipinski definition) is 6. The van der Waals surface area contributed by atoms with Crippen LogP contribution in [0.25, 0.3) is 0 Å². The van der Waals surface area contributed by atoms with E-state index in [0.29, 0.717) is 10.7 Å². The van der Waals surface area contributed by atoms with Gasteiger partial charge in [0.05, 0.1) is 0 Å². The number of amides is 4. The number of aryl methyl sites for hydroxylation is 1. The van der Waals surface area contributed by atoms with Gasteiger partial charge in [0, 0.05) is 13.0 Å². The predicted molar refractivity (Wildman–Crippen MR) is 52.9 cm³/mol. The molecule has 0 aromatic carbocycles. The lowest BCUT2D eigenvalue weighted by Crippen LogP contribution is -2.59. The average Bonchev–Trinajstić information content (AvgIpc) is 2.72. The van der Waals surface area contributed by atoms with Crippen LogP contribution in [0.15, 0.2) is 4.52 Å². The van der Waals surface area contributed by atoms with Crippen molar-refractivity contribution in [3.05, 3.63) is 11.7 Å². The second-order valence-corrected chi connectivity index (χ2v) is 3.63. The van der Waals surface area contributed by atoms with E-state index < -0.39 is 24.0 Å². The summed E-state index contributed by atoms with van der Waals surface area (Å²) in [6.07, 6.45) is -2.26. The van der Waals surface area contributed by atoms with E-state index in [1.165, 1.54) is 0 Å². The van der Waals surface area contributed by atoms with Crippen LogP contribution in [0.2, 0.25) is 0 Å². The lowest BCUT2D eigenvalue weighted by Gasteiger charge is -2.25. The summed E-state index contributed by atoms with van der Waals surface area (Å²) in [4.78, 5) is 38.0. The highest BCUT2D eigenvalue weighted by molar-refractivity contribution is 6.17. The summed E-state index contributed by atoms with van der Waals surface area (Å²) >= 11 is 0. The van der Waals surface area contributed by atoms with Crippen LogP contribution in [0.3, 0.4) is 0 Å². The quantitative estimate of drug-likeness (QED) is 0.719. The smallest absolute Gasteiger partial charge is 0.330 e. The van der Waals surface area contributed by atoms with Gasteiger partial charge >= 0.3 is 6.03 Å². The minimum atomic E-state index is -2.35. The largest absolute Gasteiger partial charge is 0.339 e. The molecule has 0 spiro atoms. The van der Waals surface area contributed by atoms with E-state index >= 15 is 0 Å². The van der Waals surface area contributed by atoms with Gasteiger partial charge in [0.1, 0.15) is 0 Å². The maximum Gasteiger partial charge on any atom is 0.330 e. The first-order valence-electron chi connectivity index (χ1n) is 5.08. The summed E-state index contributed by atoms with van der Waals surface area (Å²) in [6.45, 7) is 1.47. The molecule has 2 rings (SSSR count). The minimum absolute atomic E-state index is 0.0981. The Hall–Kier alpha value is -2.32. The number of alkyl halides is 1. The van der Waals surface area contributed by atoms with Crippen molar-refractivity contribution in [3.8, 4) is 0 Å². The number of nitrogens with one attached hydrogen (secondary N) is 1. The van der Waals surface area contributed by atoms with Crippen molar-refractivity contribution in [3.63, 3.8) is 0 Å². The Kier molecular flexibility index (Phi) is 3.04. The normalized spacial score (nSPS) is 20.2. The van der Waals surface area contributed by atoms with Crippen molar-refractivity contribution >= 4 is 17.8 Å². The molecule has 1 aromatic heterocycles. The molecule has 2 heterocycles. The number of carbonyl (C=O) groups excluding carboxylic acids is 3. The zero-order valence-electron chi connectivity index (χ0n) is 9.34. The fourth-order valence-corrected chi connectivity index (χ4v) is 1.45. The number of aromatic nitrogens is 2. The molecule has 1 saturated heterocycles. The minimum Gasteiger partial charge on any atom is -0.339 e. The zero-order valence-corrected chi connectivity index (χ0v) is 9.34. The van der Waals surface area contributed by atoms with Gasteiger partial charge in [0.15, 0.2) is 5.82 Å². The SMILES string of the molecule is Cc1noc(CCN2C(=O)NC(=O)C(F)C2=O)n1. The number of barbiturate groups is 1. The third-order valence-corrected chi connectivity index (χ3v) is 2.31. The third kappa shape index (κ3) is 2.19. The van der Waals surface area contributed by atoms with Crippen molar-refractivity contribution in [1.82, 2.24) is 20.4 Å². The summed E-state index contributed by atoms with van der Waals surface area (Å²) in [6, 6.07) is -0.949. The molecule has 0 aliphatic carbocycles. The molecule has 1 aliphatic heterocycles. The maximum absolute atomic E-state index is 13.1. The summed E-state index contributed by atoms with van der Waals surface area (Å²) in [5, 5.41) is 5.26. The molecule has 1 aliphatic rings. The van der Waals surface area contributed by atoms with Crippen molar-refractivity contribution < 1.29 is 23.3 Å². The number of nitrogens with zero attached hydrogens (tertiary/aromatic N) is 3. The highest BCUT2D eigenvalue weighted by Gasteiger charge is 2.40. The van der Waals surface area contributed by atoms with E-state index in [0.717, 1.165) is 0 Å². The Morgan fingerprint density at radius 3 is 2.78 bits per heavy atom. The highest BCUT2D eigenvalue weighted by Crippen LogP contribution is 2.08. The van der Waals surface area contributed by atoms with Crippen molar-refractivity contribution in [2.75, 3.05) is 6.54 Å². The van der Waals surface area contributed by atoms with Crippen LogP contribution in [-0.2, 0) is 16.0 Å². The number of imide groups is 2. The molecule has 0 bridgehead atoms. The van der Waals surface area contributed by atoms with Gasteiger partial charge in [-0.25, -0.2) is 9.18 Å². The number of halogens is 1. The van der Waals surface area contributed by atoms with E-state index in [4.69, 9.17) is 4.52 Å². The van der Waals surface area contributed by atoms with Gasteiger partial charge in [-0.1, -0.05) is 5.16 Å². The fourth-order valence-electron chi connectivity index (χ4n) is 1.45. The van der Waals surface area contributed by atoms with Crippen LogP contribution in [0.1, 0.15) is 11.7 Å². The van der Waals surface area contributed by atoms with Crippen LogP contribution in [-0.4, -0.2) is 45.6 Å². The predicted octanol–water partition coefficient (Wildman–Crippen LogP) is -0.663. The summed E-state index contributed by atoms with van der Waals surface area (Å²) < 4.78 is 17.9. The van der Waals surface area contributed by atoms with Gasteiger partial charge in [-0.3, -0.25) is 19.8 Å². The molecular formula is C9H9FN4O4. The van der Waals surface area contributed by atoms with Gasteiger partial charge < -0.3 is 4.52 Å². The first-order valence-corrected chi connectivity index (χ1v) is 5.08. The van der Waals surface area contributed by atoms with Crippen molar-refractivity contribution in [1.29, 1.82) is 0 Å². The molecule has 1 unspecified atom stereocenters. The standard InChI is InChI=1S/C9H9FN4O4/c1-4-11-5(18-13-4)2-3-14-8(16)6(10)7(15)12-9(14)17/h6H,2-3H2,1H3,(H,12,15,17). The molecule has 9 heteroatoms. The van der Waals surface area contributed by atoms with E-state index in [9.17, 15) is 18.8 Å². The fraction of sp³-hybridized carbons (Fsp3) is 0.444. The maximum atomic E-state index is 13.1. The lowest BCUT2D eigenvalue weighted by molar-refractivity contribution is -0.143. The molecular weight excluding hydrogens is 247 g/mol. The summed E-state index contributed by atoms with van der Waals surface area (Å²) in [5.74, 6) is -1.78. The van der Waals surface area contributed by atoms with Gasteiger partial charge in [0.25, 0.3) is 18.0 Å². The van der Waals surface area contributed by atoms with Crippen LogP contribution in [0.4, 0.5) is 9.18 Å². The van der Waals surface area contributed by atoms with Crippen LogP contribution in [0, 0.1) is 6.92 Å². The van der Waals surface area contributed by atoms with Crippen molar-refractivity contribution in [2.24, 2.45) is 0 Å². The van der Waals surface area contributed by atoms with Crippen molar-refractivity contribution in [2.45, 2.75) is 19.5 Å². The Balaban J connectivity index is 2.02. The van der Waals surface area contributed by atoms with E-state index in [1.54, 1.807) is 12.2 Å². The summed E-state index contributed by atoms with van der Waals surface area (Å²) in [5.41, 5.74) is 0. The van der Waals surface area contributed by atoms with E-state index in [2.05, 4.69) is 10.1 Å². The number of hydrogen-bond donors (Lipinski definition) is 1. The molecule has 1 atom stereocenters. The van der Waals surface area contributed by atoms with Crippen LogP contribution >= 0.6 is 0 Å². The molecule has 1 N–H and O–H groups in total. The topological polar surface area (TPSA) is 105 Å². The molecule has 0 radical (unpaired) electrons. The molecule has 1 fully saturated rings. The first-order chi connectivity index (χ1) is 8.49. The first kappa shape index (κ1) is 12.1. The van der Waals surface area contributed by atoms with Crippen LogP contribution < -0.4 is 5.32 Å².